The number of ether oxygens (including phenoxy) is 3. The molecule has 0 heterocycles. The number of hydrogen-bond donors (Lipinski definition) is 0. The van der Waals surface area contributed by atoms with Crippen molar-refractivity contribution < 1.29 is 27.8 Å². The van der Waals surface area contributed by atoms with Crippen LogP contribution >= 0.6 is 0 Å². The van der Waals surface area contributed by atoms with Gasteiger partial charge in [-0.15, -0.1) is 0 Å². The number of carbonyl (C=O) groups excluding carboxylic acids is 1. The first kappa shape index (κ1) is 25.0. The van der Waals surface area contributed by atoms with Gasteiger partial charge in [0.05, 0.1) is 7.11 Å². The van der Waals surface area contributed by atoms with Gasteiger partial charge in [0.1, 0.15) is 23.9 Å². The number of methoxy groups -OCH3 is 1. The molecule has 0 saturated carbocycles. The normalized spacial score (nSPS) is 11.6. The lowest BCUT2D eigenvalue weighted by molar-refractivity contribution is -0.0498. The Bertz CT molecular complexity index is 1130. The van der Waals surface area contributed by atoms with Crippen LogP contribution in [0, 0.1) is 0 Å². The summed E-state index contributed by atoms with van der Waals surface area (Å²) in [6.07, 6.45) is 3.12. The zero-order valence-corrected chi connectivity index (χ0v) is 19.7. The molecule has 0 N–H and O–H groups in total. The number of alkyl halides is 2. The molecule has 0 unspecified atom stereocenters. The minimum atomic E-state index is -2.91. The monoisotopic (exact) mass is 466 g/mol. The number of hydrogen-bond acceptors (Lipinski definition) is 4. The van der Waals surface area contributed by atoms with E-state index >= 15 is 0 Å². The molecule has 0 spiro atoms. The molecule has 178 valence electrons. The van der Waals surface area contributed by atoms with Gasteiger partial charge in [0.15, 0.2) is 5.78 Å². The van der Waals surface area contributed by atoms with E-state index in [1.54, 1.807) is 13.2 Å². The Balaban J connectivity index is 1.68. The van der Waals surface area contributed by atoms with Crippen molar-refractivity contribution in [3.63, 3.8) is 0 Å². The van der Waals surface area contributed by atoms with E-state index in [0.717, 1.165) is 16.9 Å². The topological polar surface area (TPSA) is 44.8 Å². The third-order valence-electron chi connectivity index (χ3n) is 5.21. The van der Waals surface area contributed by atoms with Crippen molar-refractivity contribution in [2.24, 2.45) is 0 Å². The number of ketones is 1. The fourth-order valence-corrected chi connectivity index (χ4v) is 3.30. The zero-order valence-electron chi connectivity index (χ0n) is 19.7. The van der Waals surface area contributed by atoms with Crippen molar-refractivity contribution in [3.8, 4) is 17.2 Å². The van der Waals surface area contributed by atoms with E-state index in [9.17, 15) is 13.6 Å². The molecule has 0 aliphatic carbocycles. The van der Waals surface area contributed by atoms with Gasteiger partial charge in [-0.25, -0.2) is 0 Å². The minimum Gasteiger partial charge on any atom is -0.496 e. The van der Waals surface area contributed by atoms with Gasteiger partial charge in [-0.3, -0.25) is 4.79 Å². The van der Waals surface area contributed by atoms with Gasteiger partial charge in [-0.1, -0.05) is 45.0 Å². The Morgan fingerprint density at radius 3 is 2.18 bits per heavy atom. The van der Waals surface area contributed by atoms with Gasteiger partial charge in [-0.2, -0.15) is 8.78 Å². The smallest absolute Gasteiger partial charge is 0.387 e. The average Bonchev–Trinajstić information content (AvgIpc) is 2.81. The summed E-state index contributed by atoms with van der Waals surface area (Å²) < 4.78 is 40.2. The van der Waals surface area contributed by atoms with Gasteiger partial charge in [0.2, 0.25) is 0 Å². The number of halogens is 2. The van der Waals surface area contributed by atoms with E-state index in [-0.39, 0.29) is 16.9 Å². The maximum Gasteiger partial charge on any atom is 0.387 e. The lowest BCUT2D eigenvalue weighted by atomic mass is 9.87. The van der Waals surface area contributed by atoms with E-state index in [1.165, 1.54) is 35.9 Å². The molecule has 34 heavy (non-hydrogen) atoms. The van der Waals surface area contributed by atoms with Crippen LogP contribution in [0.3, 0.4) is 0 Å². The second kappa shape index (κ2) is 11.0. The molecule has 3 rings (SSSR count). The van der Waals surface area contributed by atoms with Crippen molar-refractivity contribution in [3.05, 3.63) is 95.1 Å². The van der Waals surface area contributed by atoms with Crippen LogP contribution in [0.2, 0.25) is 0 Å². The van der Waals surface area contributed by atoms with Gasteiger partial charge in [-0.05, 0) is 71.1 Å². The third kappa shape index (κ3) is 6.91. The summed E-state index contributed by atoms with van der Waals surface area (Å²) in [6.45, 7) is 3.88. The minimum absolute atomic E-state index is 0.00312. The lowest BCUT2D eigenvalue weighted by Gasteiger charge is -2.19. The van der Waals surface area contributed by atoms with Crippen LogP contribution in [0.5, 0.6) is 17.2 Å². The van der Waals surface area contributed by atoms with Crippen LogP contribution in [0.25, 0.3) is 6.08 Å². The molecule has 0 radical (unpaired) electrons. The second-order valence-electron chi connectivity index (χ2n) is 8.73. The van der Waals surface area contributed by atoms with Gasteiger partial charge >= 0.3 is 6.61 Å². The standard InChI is InChI=1S/C28H28F2O4/c1-28(2,3)22-9-13-23(14-10-22)33-18-21-17-19(6-16-26(21)32-4)5-15-25(31)20-7-11-24(12-8-20)34-27(29)30/h5-17,27H,18H2,1-4H3/b15-5+. The molecule has 6 heteroatoms. The van der Waals surface area contributed by atoms with Gasteiger partial charge < -0.3 is 14.2 Å². The average molecular weight is 467 g/mol. The van der Waals surface area contributed by atoms with Gasteiger partial charge in [0, 0.05) is 11.1 Å². The summed E-state index contributed by atoms with van der Waals surface area (Å²) in [5.74, 6) is 1.19. The first-order chi connectivity index (χ1) is 16.2. The number of carbonyl (C=O) groups is 1. The Morgan fingerprint density at radius 1 is 0.941 bits per heavy atom. The second-order valence-corrected chi connectivity index (χ2v) is 8.73. The van der Waals surface area contributed by atoms with Crippen molar-refractivity contribution in [2.45, 2.75) is 39.4 Å². The van der Waals surface area contributed by atoms with Crippen molar-refractivity contribution in [1.82, 2.24) is 0 Å². The molecule has 4 nitrogen and oxygen atoms in total. The Hall–Kier alpha value is -3.67. The first-order valence-corrected chi connectivity index (χ1v) is 10.8. The Kier molecular flexibility index (Phi) is 8.05. The van der Waals surface area contributed by atoms with Crippen LogP contribution in [0.4, 0.5) is 8.78 Å². The van der Waals surface area contributed by atoms with E-state index < -0.39 is 6.61 Å². The van der Waals surface area contributed by atoms with Crippen LogP contribution in [0.15, 0.2) is 72.8 Å². The number of benzene rings is 3. The summed E-state index contributed by atoms with van der Waals surface area (Å²) in [6, 6.07) is 19.1. The molecule has 0 fully saturated rings. The molecule has 3 aromatic rings. The molecule has 0 aliphatic heterocycles. The number of rotatable bonds is 9. The highest BCUT2D eigenvalue weighted by atomic mass is 19.3. The van der Waals surface area contributed by atoms with Crippen molar-refractivity contribution >= 4 is 11.9 Å². The summed E-state index contributed by atoms with van der Waals surface area (Å²) in [7, 11) is 1.59. The summed E-state index contributed by atoms with van der Waals surface area (Å²) in [5, 5.41) is 0. The van der Waals surface area contributed by atoms with Gasteiger partial charge in [0.25, 0.3) is 0 Å². The highest BCUT2D eigenvalue weighted by molar-refractivity contribution is 6.06. The van der Waals surface area contributed by atoms with Crippen LogP contribution in [-0.4, -0.2) is 19.5 Å². The molecule has 0 aliphatic rings. The Labute approximate surface area is 198 Å². The third-order valence-corrected chi connectivity index (χ3v) is 5.21. The van der Waals surface area contributed by atoms with Crippen molar-refractivity contribution in [2.75, 3.05) is 7.11 Å². The first-order valence-electron chi connectivity index (χ1n) is 10.8. The predicted molar refractivity (Wildman–Crippen MR) is 129 cm³/mol. The summed E-state index contributed by atoms with van der Waals surface area (Å²) in [5.41, 5.74) is 3.31. The number of allylic oxidation sites excluding steroid dienone is 1. The molecular weight excluding hydrogens is 438 g/mol. The molecule has 0 atom stereocenters. The fourth-order valence-electron chi connectivity index (χ4n) is 3.30. The molecule has 0 bridgehead atoms. The lowest BCUT2D eigenvalue weighted by Crippen LogP contribution is -2.10. The summed E-state index contributed by atoms with van der Waals surface area (Å²) >= 11 is 0. The van der Waals surface area contributed by atoms with E-state index in [2.05, 4.69) is 37.6 Å². The maximum atomic E-state index is 12.4. The van der Waals surface area contributed by atoms with Crippen LogP contribution in [0.1, 0.15) is 47.8 Å². The highest BCUT2D eigenvalue weighted by Crippen LogP contribution is 2.26. The highest BCUT2D eigenvalue weighted by Gasteiger charge is 2.13. The predicted octanol–water partition coefficient (Wildman–Crippen LogP) is 7.07. The van der Waals surface area contributed by atoms with E-state index in [4.69, 9.17) is 9.47 Å². The van der Waals surface area contributed by atoms with E-state index in [0.29, 0.717) is 17.9 Å². The van der Waals surface area contributed by atoms with Crippen LogP contribution < -0.4 is 14.2 Å². The molecule has 0 amide bonds. The Morgan fingerprint density at radius 2 is 1.59 bits per heavy atom. The molecule has 0 saturated heterocycles. The van der Waals surface area contributed by atoms with E-state index in [1.807, 2.05) is 30.3 Å². The quantitative estimate of drug-likeness (QED) is 0.250. The van der Waals surface area contributed by atoms with Crippen LogP contribution in [-0.2, 0) is 12.0 Å². The SMILES string of the molecule is COc1ccc(/C=C/C(=O)c2ccc(OC(F)F)cc2)cc1COc1ccc(C(C)(C)C)cc1. The molecule has 0 aromatic heterocycles. The fraction of sp³-hybridized carbons (Fsp3) is 0.250. The summed E-state index contributed by atoms with van der Waals surface area (Å²) in [4.78, 5) is 12.4. The zero-order chi connectivity index (χ0) is 24.7. The van der Waals surface area contributed by atoms with Crippen molar-refractivity contribution in [1.29, 1.82) is 0 Å². The largest absolute Gasteiger partial charge is 0.496 e. The molecule has 3 aromatic carbocycles. The molecular formula is C28H28F2O4. The maximum absolute atomic E-state index is 12.4.